The molecule has 13 heteroatoms. The van der Waals surface area contributed by atoms with Crippen LogP contribution in [-0.4, -0.2) is 73.5 Å². The Bertz CT molecular complexity index is 1620. The first-order chi connectivity index (χ1) is 19.5. The number of hydrogen-bond donors (Lipinski definition) is 2. The van der Waals surface area contributed by atoms with Gasteiger partial charge in [0.25, 0.3) is 0 Å². The van der Waals surface area contributed by atoms with Crippen LogP contribution in [0.3, 0.4) is 0 Å². The van der Waals surface area contributed by atoms with E-state index >= 15 is 0 Å². The molecule has 0 aliphatic carbocycles. The Balaban J connectivity index is 1.41. The molecule has 2 N–H and O–H groups in total. The van der Waals surface area contributed by atoms with Gasteiger partial charge in [0, 0.05) is 57.0 Å². The Hall–Kier alpha value is -3.22. The van der Waals surface area contributed by atoms with Gasteiger partial charge < -0.3 is 20.1 Å². The lowest BCUT2D eigenvalue weighted by atomic mass is 9.97. The van der Waals surface area contributed by atoms with E-state index < -0.39 is 14.2 Å². The minimum Gasteiger partial charge on any atom is -0.465 e. The minimum absolute atomic E-state index is 0.0420. The summed E-state index contributed by atoms with van der Waals surface area (Å²) in [4.78, 5) is 23.9. The fourth-order valence-electron chi connectivity index (χ4n) is 6.28. The zero-order chi connectivity index (χ0) is 29.1. The number of carbonyl (C=O) groups is 1. The first-order valence-corrected chi connectivity index (χ1v) is 18.3. The zero-order valence-electron chi connectivity index (χ0n) is 24.2. The molecular weight excluding hydrogens is 560 g/mol. The lowest BCUT2D eigenvalue weighted by Crippen LogP contribution is -2.50. The van der Waals surface area contributed by atoms with Crippen molar-refractivity contribution in [3.8, 4) is 11.3 Å². The van der Waals surface area contributed by atoms with Crippen LogP contribution >= 0.6 is 11.6 Å². The van der Waals surface area contributed by atoms with E-state index in [1.807, 2.05) is 32.3 Å². The number of benzene rings is 1. The van der Waals surface area contributed by atoms with Crippen molar-refractivity contribution in [3.63, 3.8) is 0 Å². The molecule has 41 heavy (non-hydrogen) atoms. The standard InChI is InChI=1S/C28H37ClN8O3Si/c1-16-26(37-18-6-7-19(37)13-17(12-18)31-28(38)39)32-27-25(30-16)24(34-36(27)15-40-10-11-41(3,4)5)20-8-9-22-21(23(20)29)14-35(2)33-22/h8-9,14,17-19,31H,6-7,10-13,15H2,1-5H3,(H,38,39)/t17-,18+,19-. The van der Waals surface area contributed by atoms with Crippen molar-refractivity contribution in [1.29, 1.82) is 0 Å². The molecule has 2 saturated heterocycles. The molecule has 2 aliphatic heterocycles. The number of aromatic nitrogens is 6. The molecule has 2 bridgehead atoms. The summed E-state index contributed by atoms with van der Waals surface area (Å²) in [5.41, 5.74) is 4.42. The highest BCUT2D eigenvalue weighted by molar-refractivity contribution is 6.76. The Morgan fingerprint density at radius 2 is 1.90 bits per heavy atom. The predicted octanol–water partition coefficient (Wildman–Crippen LogP) is 5.42. The molecule has 3 atom stereocenters. The number of hydrogen-bond acceptors (Lipinski definition) is 7. The Kier molecular flexibility index (Phi) is 7.19. The molecule has 0 unspecified atom stereocenters. The van der Waals surface area contributed by atoms with Crippen molar-refractivity contribution in [3.05, 3.63) is 29.0 Å². The number of piperidine rings is 1. The van der Waals surface area contributed by atoms with Crippen LogP contribution in [0, 0.1) is 6.92 Å². The van der Waals surface area contributed by atoms with Crippen molar-refractivity contribution in [2.45, 2.75) is 83.1 Å². The van der Waals surface area contributed by atoms with E-state index in [0.29, 0.717) is 28.5 Å². The monoisotopic (exact) mass is 596 g/mol. The van der Waals surface area contributed by atoms with Gasteiger partial charge in [0.15, 0.2) is 11.5 Å². The molecular formula is C28H37ClN8O3Si. The first-order valence-electron chi connectivity index (χ1n) is 14.2. The Morgan fingerprint density at radius 3 is 2.59 bits per heavy atom. The van der Waals surface area contributed by atoms with Gasteiger partial charge in [-0.1, -0.05) is 31.2 Å². The third-order valence-corrected chi connectivity index (χ3v) is 10.3. The maximum Gasteiger partial charge on any atom is 0.404 e. The molecule has 2 aliphatic rings. The smallest absolute Gasteiger partial charge is 0.404 e. The van der Waals surface area contributed by atoms with Gasteiger partial charge in [0.2, 0.25) is 0 Å². The number of anilines is 1. The maximum atomic E-state index is 11.3. The predicted molar refractivity (Wildman–Crippen MR) is 162 cm³/mol. The summed E-state index contributed by atoms with van der Waals surface area (Å²) >= 11 is 6.93. The number of rotatable bonds is 8. The SMILES string of the molecule is Cc1nc2c(-c3ccc4nn(C)cc4c3Cl)nn(COCC[Si](C)(C)C)c2nc1N1[C@@H]2CC[C@H]1C[C@@H](NC(=O)O)C2. The summed E-state index contributed by atoms with van der Waals surface area (Å²) in [6.45, 7) is 9.91. The number of ether oxygens (including phenoxy) is 1. The number of fused-ring (bicyclic) bond motifs is 4. The number of halogens is 1. The molecule has 1 aromatic carbocycles. The van der Waals surface area contributed by atoms with Gasteiger partial charge in [0.05, 0.1) is 16.2 Å². The van der Waals surface area contributed by atoms with Crippen molar-refractivity contribution in [2.75, 3.05) is 11.5 Å². The number of nitrogens with one attached hydrogen (secondary N) is 1. The average Bonchev–Trinajstić information content (AvgIpc) is 3.52. The van der Waals surface area contributed by atoms with E-state index in [0.717, 1.165) is 59.7 Å². The Labute approximate surface area is 244 Å². The van der Waals surface area contributed by atoms with Crippen LogP contribution in [0.15, 0.2) is 18.3 Å². The van der Waals surface area contributed by atoms with Gasteiger partial charge in [-0.2, -0.15) is 10.2 Å². The normalized spacial score (nSPS) is 20.8. The second-order valence-corrected chi connectivity index (χ2v) is 18.6. The molecule has 2 fully saturated rings. The van der Waals surface area contributed by atoms with Crippen molar-refractivity contribution < 1.29 is 14.6 Å². The third-order valence-electron chi connectivity index (χ3n) is 8.22. The van der Waals surface area contributed by atoms with Crippen LogP contribution in [0.4, 0.5) is 10.6 Å². The second-order valence-electron chi connectivity index (χ2n) is 12.6. The van der Waals surface area contributed by atoms with E-state index in [9.17, 15) is 9.90 Å². The molecule has 5 heterocycles. The molecule has 3 aromatic heterocycles. The highest BCUT2D eigenvalue weighted by Crippen LogP contribution is 2.41. The largest absolute Gasteiger partial charge is 0.465 e. The Morgan fingerprint density at radius 1 is 1.17 bits per heavy atom. The van der Waals surface area contributed by atoms with E-state index in [1.165, 1.54) is 0 Å². The summed E-state index contributed by atoms with van der Waals surface area (Å²) in [6, 6.07) is 5.33. The van der Waals surface area contributed by atoms with Crippen LogP contribution < -0.4 is 10.2 Å². The van der Waals surface area contributed by atoms with Gasteiger partial charge in [-0.25, -0.2) is 19.4 Å². The van der Waals surface area contributed by atoms with Gasteiger partial charge >= 0.3 is 6.09 Å². The van der Waals surface area contributed by atoms with Crippen LogP contribution in [-0.2, 0) is 18.5 Å². The zero-order valence-corrected chi connectivity index (χ0v) is 25.9. The van der Waals surface area contributed by atoms with Gasteiger partial charge in [-0.3, -0.25) is 4.68 Å². The topological polar surface area (TPSA) is 123 Å². The molecule has 1 amide bonds. The summed E-state index contributed by atoms with van der Waals surface area (Å²) < 4.78 is 9.68. The molecule has 0 radical (unpaired) electrons. The number of carboxylic acid groups (broad SMARTS) is 1. The average molecular weight is 597 g/mol. The number of amides is 1. The van der Waals surface area contributed by atoms with Crippen molar-refractivity contribution >= 4 is 53.7 Å². The summed E-state index contributed by atoms with van der Waals surface area (Å²) in [5.74, 6) is 0.836. The molecule has 11 nitrogen and oxygen atoms in total. The summed E-state index contributed by atoms with van der Waals surface area (Å²) in [6.07, 6.45) is 4.47. The number of nitrogens with zero attached hydrogens (tertiary/aromatic N) is 7. The van der Waals surface area contributed by atoms with E-state index in [-0.39, 0.29) is 24.9 Å². The van der Waals surface area contributed by atoms with Crippen LogP contribution in [0.1, 0.15) is 31.4 Å². The van der Waals surface area contributed by atoms with Crippen molar-refractivity contribution in [1.82, 2.24) is 34.8 Å². The first kappa shape index (κ1) is 27.9. The van der Waals surface area contributed by atoms with E-state index in [2.05, 4.69) is 35.0 Å². The number of aryl methyl sites for hydroxylation is 2. The molecule has 0 saturated carbocycles. The van der Waals surface area contributed by atoms with Gasteiger partial charge in [0.1, 0.15) is 17.9 Å². The van der Waals surface area contributed by atoms with Crippen LogP contribution in [0.25, 0.3) is 33.3 Å². The van der Waals surface area contributed by atoms with Crippen molar-refractivity contribution in [2.24, 2.45) is 7.05 Å². The van der Waals surface area contributed by atoms with E-state index in [4.69, 9.17) is 31.4 Å². The quantitative estimate of drug-likeness (QED) is 0.204. The van der Waals surface area contributed by atoms with Crippen LogP contribution in [0.2, 0.25) is 30.7 Å². The third kappa shape index (κ3) is 5.40. The maximum absolute atomic E-state index is 11.3. The lowest BCUT2D eigenvalue weighted by Gasteiger charge is -2.40. The fourth-order valence-corrected chi connectivity index (χ4v) is 7.33. The summed E-state index contributed by atoms with van der Waals surface area (Å²) in [7, 11) is 0.629. The minimum atomic E-state index is -1.25. The lowest BCUT2D eigenvalue weighted by molar-refractivity contribution is 0.0814. The molecule has 6 rings (SSSR count). The van der Waals surface area contributed by atoms with E-state index in [1.54, 1.807) is 9.36 Å². The highest BCUT2D eigenvalue weighted by Gasteiger charge is 2.43. The molecule has 4 aromatic rings. The highest BCUT2D eigenvalue weighted by atomic mass is 35.5. The summed E-state index contributed by atoms with van der Waals surface area (Å²) in [5, 5.41) is 22.8. The molecule has 218 valence electrons. The second kappa shape index (κ2) is 10.6. The van der Waals surface area contributed by atoms with Crippen LogP contribution in [0.5, 0.6) is 0 Å². The van der Waals surface area contributed by atoms with Gasteiger partial charge in [-0.05, 0) is 50.8 Å². The molecule has 0 spiro atoms. The van der Waals surface area contributed by atoms with Gasteiger partial charge in [-0.15, -0.1) is 0 Å². The fraction of sp³-hybridized carbons (Fsp3) is 0.536.